The van der Waals surface area contributed by atoms with E-state index in [4.69, 9.17) is 5.73 Å². The zero-order chi connectivity index (χ0) is 12.0. The molecule has 0 fully saturated rings. The van der Waals surface area contributed by atoms with Crippen molar-refractivity contribution in [1.82, 2.24) is 10.3 Å². The van der Waals surface area contributed by atoms with Gasteiger partial charge in [-0.05, 0) is 24.5 Å². The number of nitrogens with zero attached hydrogens (tertiary/aromatic N) is 2. The predicted octanol–water partition coefficient (Wildman–Crippen LogP) is 1.45. The van der Waals surface area contributed by atoms with Crippen LogP contribution in [0, 0.1) is 12.8 Å². The number of nitrogens with two attached hydrogens (primary N) is 1. The molecule has 0 aliphatic rings. The fourth-order valence-corrected chi connectivity index (χ4v) is 1.13. The summed E-state index contributed by atoms with van der Waals surface area (Å²) < 4.78 is 0. The molecule has 88 valence electrons. The zero-order valence-electron chi connectivity index (χ0n) is 10.2. The molecule has 0 spiro atoms. The van der Waals surface area contributed by atoms with Gasteiger partial charge in [-0.25, -0.2) is 4.99 Å². The zero-order valence-corrected chi connectivity index (χ0v) is 10.2. The van der Waals surface area contributed by atoms with Crippen LogP contribution in [-0.4, -0.2) is 17.5 Å². The third-order valence-electron chi connectivity index (χ3n) is 2.10. The van der Waals surface area contributed by atoms with Gasteiger partial charge in [0.2, 0.25) is 0 Å². The topological polar surface area (TPSA) is 63.3 Å². The molecule has 0 saturated heterocycles. The monoisotopic (exact) mass is 220 g/mol. The quantitative estimate of drug-likeness (QED) is 0.596. The van der Waals surface area contributed by atoms with Crippen molar-refractivity contribution in [3.05, 3.63) is 29.6 Å². The standard InChI is InChI=1S/C12H20N4/c1-9(2)6-15-12(13)16-8-11-5-4-10(3)14-7-11/h4-5,7,9H,6,8H2,1-3H3,(H3,13,15,16). The Labute approximate surface area is 97.0 Å². The molecule has 0 atom stereocenters. The molecule has 1 rings (SSSR count). The van der Waals surface area contributed by atoms with Gasteiger partial charge in [0.1, 0.15) is 0 Å². The molecule has 0 aliphatic carbocycles. The number of hydrogen-bond acceptors (Lipinski definition) is 2. The highest BCUT2D eigenvalue weighted by molar-refractivity contribution is 5.77. The Morgan fingerprint density at radius 3 is 2.81 bits per heavy atom. The first-order chi connectivity index (χ1) is 7.58. The third-order valence-corrected chi connectivity index (χ3v) is 2.10. The van der Waals surface area contributed by atoms with Crippen molar-refractivity contribution in [2.24, 2.45) is 16.6 Å². The number of pyridine rings is 1. The average molecular weight is 220 g/mol. The van der Waals surface area contributed by atoms with Gasteiger partial charge >= 0.3 is 0 Å². The molecule has 0 saturated carbocycles. The Balaban J connectivity index is 2.43. The van der Waals surface area contributed by atoms with E-state index in [1.54, 1.807) is 0 Å². The number of rotatable bonds is 4. The first-order valence-electron chi connectivity index (χ1n) is 5.53. The maximum Gasteiger partial charge on any atom is 0.188 e. The molecule has 1 heterocycles. The average Bonchev–Trinajstić information content (AvgIpc) is 2.25. The third kappa shape index (κ3) is 4.77. The normalized spacial score (nSPS) is 11.9. The molecule has 16 heavy (non-hydrogen) atoms. The number of hydrogen-bond donors (Lipinski definition) is 2. The van der Waals surface area contributed by atoms with E-state index in [-0.39, 0.29) is 0 Å². The summed E-state index contributed by atoms with van der Waals surface area (Å²) in [6, 6.07) is 3.99. The number of aromatic nitrogens is 1. The molecular weight excluding hydrogens is 200 g/mol. The molecule has 3 N–H and O–H groups in total. The van der Waals surface area contributed by atoms with Crippen molar-refractivity contribution in [2.45, 2.75) is 27.3 Å². The van der Waals surface area contributed by atoms with E-state index in [1.165, 1.54) is 0 Å². The van der Waals surface area contributed by atoms with E-state index in [0.29, 0.717) is 18.4 Å². The molecule has 4 nitrogen and oxygen atoms in total. The summed E-state index contributed by atoms with van der Waals surface area (Å²) in [4.78, 5) is 8.44. The highest BCUT2D eigenvalue weighted by atomic mass is 15.1. The lowest BCUT2D eigenvalue weighted by atomic mass is 10.2. The van der Waals surface area contributed by atoms with E-state index in [9.17, 15) is 0 Å². The molecule has 0 aliphatic heterocycles. The molecule has 0 radical (unpaired) electrons. The Morgan fingerprint density at radius 1 is 1.50 bits per heavy atom. The van der Waals surface area contributed by atoms with Crippen LogP contribution < -0.4 is 11.1 Å². The summed E-state index contributed by atoms with van der Waals surface area (Å²) in [5, 5.41) is 3.07. The predicted molar refractivity (Wildman–Crippen MR) is 67.1 cm³/mol. The van der Waals surface area contributed by atoms with Crippen LogP contribution in [0.5, 0.6) is 0 Å². The van der Waals surface area contributed by atoms with Crippen LogP contribution in [0.4, 0.5) is 0 Å². The fraction of sp³-hybridized carbons (Fsp3) is 0.500. The highest BCUT2D eigenvalue weighted by Crippen LogP contribution is 2.00. The number of aliphatic imine (C=N–C) groups is 1. The van der Waals surface area contributed by atoms with Crippen molar-refractivity contribution in [1.29, 1.82) is 0 Å². The van der Waals surface area contributed by atoms with Crippen LogP contribution in [-0.2, 0) is 6.54 Å². The van der Waals surface area contributed by atoms with E-state index >= 15 is 0 Å². The summed E-state index contributed by atoms with van der Waals surface area (Å²) in [6.07, 6.45) is 1.83. The van der Waals surface area contributed by atoms with E-state index in [1.807, 2.05) is 25.3 Å². The lowest BCUT2D eigenvalue weighted by Crippen LogP contribution is -2.34. The molecule has 4 heteroatoms. The molecule has 0 bridgehead atoms. The summed E-state index contributed by atoms with van der Waals surface area (Å²) in [7, 11) is 0. The van der Waals surface area contributed by atoms with Crippen LogP contribution in [0.1, 0.15) is 25.1 Å². The first-order valence-corrected chi connectivity index (χ1v) is 5.53. The molecule has 0 aromatic carbocycles. The van der Waals surface area contributed by atoms with Gasteiger partial charge in [-0.2, -0.15) is 0 Å². The van der Waals surface area contributed by atoms with Crippen molar-refractivity contribution >= 4 is 5.96 Å². The summed E-state index contributed by atoms with van der Waals surface area (Å²) in [6.45, 7) is 7.64. The maximum atomic E-state index is 5.72. The van der Waals surface area contributed by atoms with Crippen molar-refractivity contribution < 1.29 is 0 Å². The van der Waals surface area contributed by atoms with Gasteiger partial charge < -0.3 is 11.1 Å². The van der Waals surface area contributed by atoms with Gasteiger partial charge in [0, 0.05) is 18.4 Å². The summed E-state index contributed by atoms with van der Waals surface area (Å²) >= 11 is 0. The van der Waals surface area contributed by atoms with Gasteiger partial charge in [0.05, 0.1) is 6.54 Å². The van der Waals surface area contributed by atoms with Crippen LogP contribution in [0.3, 0.4) is 0 Å². The van der Waals surface area contributed by atoms with Crippen molar-refractivity contribution in [2.75, 3.05) is 6.54 Å². The van der Waals surface area contributed by atoms with E-state index < -0.39 is 0 Å². The summed E-state index contributed by atoms with van der Waals surface area (Å²) in [5.41, 5.74) is 7.80. The molecule has 1 aromatic rings. The lowest BCUT2D eigenvalue weighted by molar-refractivity contribution is 0.622. The first kappa shape index (κ1) is 12.5. The molecular formula is C12H20N4. The second-order valence-corrected chi connectivity index (χ2v) is 4.28. The second kappa shape index (κ2) is 6.10. The van der Waals surface area contributed by atoms with Crippen LogP contribution in [0.25, 0.3) is 0 Å². The van der Waals surface area contributed by atoms with Gasteiger partial charge in [-0.3, -0.25) is 4.98 Å². The number of guanidine groups is 1. The smallest absolute Gasteiger partial charge is 0.188 e. The number of aryl methyl sites for hydroxylation is 1. The molecule has 0 unspecified atom stereocenters. The van der Waals surface area contributed by atoms with E-state index in [0.717, 1.165) is 17.8 Å². The fourth-order valence-electron chi connectivity index (χ4n) is 1.13. The highest BCUT2D eigenvalue weighted by Gasteiger charge is 1.96. The molecule has 1 aromatic heterocycles. The minimum absolute atomic E-state index is 0.495. The van der Waals surface area contributed by atoms with Gasteiger partial charge in [0.15, 0.2) is 5.96 Å². The van der Waals surface area contributed by atoms with Crippen molar-refractivity contribution in [3.63, 3.8) is 0 Å². The molecule has 0 amide bonds. The lowest BCUT2D eigenvalue weighted by Gasteiger charge is -2.07. The van der Waals surface area contributed by atoms with Crippen molar-refractivity contribution in [3.8, 4) is 0 Å². The second-order valence-electron chi connectivity index (χ2n) is 4.28. The minimum Gasteiger partial charge on any atom is -0.370 e. The Morgan fingerprint density at radius 2 is 2.25 bits per heavy atom. The minimum atomic E-state index is 0.495. The van der Waals surface area contributed by atoms with Gasteiger partial charge in [-0.15, -0.1) is 0 Å². The Bertz CT molecular complexity index is 341. The Hall–Kier alpha value is -1.58. The largest absolute Gasteiger partial charge is 0.370 e. The van der Waals surface area contributed by atoms with E-state index in [2.05, 4.69) is 29.1 Å². The maximum absolute atomic E-state index is 5.72. The van der Waals surface area contributed by atoms with Crippen LogP contribution >= 0.6 is 0 Å². The SMILES string of the molecule is Cc1ccc(CN=C(N)NCC(C)C)cn1. The van der Waals surface area contributed by atoms with Crippen LogP contribution in [0.15, 0.2) is 23.3 Å². The Kier molecular flexibility index (Phi) is 4.76. The van der Waals surface area contributed by atoms with Gasteiger partial charge in [-0.1, -0.05) is 19.9 Å². The summed E-state index contributed by atoms with van der Waals surface area (Å²) in [5.74, 6) is 1.06. The van der Waals surface area contributed by atoms with Crippen LogP contribution in [0.2, 0.25) is 0 Å². The number of nitrogens with one attached hydrogen (secondary N) is 1. The van der Waals surface area contributed by atoms with Gasteiger partial charge in [0.25, 0.3) is 0 Å².